The molecular weight excluding hydrogens is 335 g/mol. The van der Waals surface area contributed by atoms with Crippen LogP contribution in [0.2, 0.25) is 0 Å². The van der Waals surface area contributed by atoms with Crippen LogP contribution in [-0.2, 0) is 0 Å². The van der Waals surface area contributed by atoms with Crippen LogP contribution in [0, 0.1) is 5.92 Å². The quantitative estimate of drug-likeness (QED) is 0.680. The Morgan fingerprint density at radius 2 is 1.92 bits per heavy atom. The molecule has 2 aromatic rings. The van der Waals surface area contributed by atoms with Crippen LogP contribution in [0.1, 0.15) is 24.9 Å². The summed E-state index contributed by atoms with van der Waals surface area (Å²) in [6, 6.07) is 14.6. The molecule has 0 saturated heterocycles. The minimum atomic E-state index is -4.18. The zero-order chi connectivity index (χ0) is 18.6. The number of hydrogen-bond donors (Lipinski definition) is 1. The number of benzene rings is 2. The van der Waals surface area contributed by atoms with Crippen molar-refractivity contribution in [2.24, 2.45) is 5.92 Å². The van der Waals surface area contributed by atoms with Crippen molar-refractivity contribution >= 4 is 10.8 Å². The van der Waals surface area contributed by atoms with Crippen LogP contribution in [0.15, 0.2) is 78.4 Å². The summed E-state index contributed by atoms with van der Waals surface area (Å²) in [6.07, 6.45) is 3.96. The third-order valence-electron chi connectivity index (χ3n) is 4.69. The van der Waals surface area contributed by atoms with Crippen molar-refractivity contribution in [3.63, 3.8) is 0 Å². The van der Waals surface area contributed by atoms with Crippen LogP contribution in [0.25, 0.3) is 10.8 Å². The lowest BCUT2D eigenvalue weighted by Crippen LogP contribution is -2.22. The predicted octanol–water partition coefficient (Wildman–Crippen LogP) is 6.11. The zero-order valence-electron chi connectivity index (χ0n) is 14.6. The van der Waals surface area contributed by atoms with Crippen molar-refractivity contribution in [1.29, 1.82) is 0 Å². The Balaban J connectivity index is 1.58. The molecule has 0 heterocycles. The van der Waals surface area contributed by atoms with E-state index < -0.39 is 12.1 Å². The molecule has 1 aliphatic carbocycles. The summed E-state index contributed by atoms with van der Waals surface area (Å²) in [5.74, 6) is -1.38. The number of halogens is 3. The Kier molecular flexibility index (Phi) is 5.62. The highest BCUT2D eigenvalue weighted by Crippen LogP contribution is 2.34. The second-order valence-corrected chi connectivity index (χ2v) is 6.58. The van der Waals surface area contributed by atoms with Crippen molar-refractivity contribution in [3.05, 3.63) is 84.0 Å². The summed E-state index contributed by atoms with van der Waals surface area (Å²) in [4.78, 5) is 0. The van der Waals surface area contributed by atoms with Gasteiger partial charge in [0, 0.05) is 12.6 Å². The average molecular weight is 357 g/mol. The van der Waals surface area contributed by atoms with E-state index in [0.29, 0.717) is 12.1 Å². The van der Waals surface area contributed by atoms with Crippen LogP contribution < -0.4 is 5.32 Å². The van der Waals surface area contributed by atoms with Gasteiger partial charge in [0.05, 0.1) is 5.92 Å². The maximum atomic E-state index is 12.8. The van der Waals surface area contributed by atoms with E-state index >= 15 is 0 Å². The van der Waals surface area contributed by atoms with Gasteiger partial charge in [-0.3, -0.25) is 0 Å². The van der Waals surface area contributed by atoms with E-state index in [2.05, 4.69) is 36.5 Å². The molecule has 1 unspecified atom stereocenters. The Morgan fingerprint density at radius 3 is 2.73 bits per heavy atom. The monoisotopic (exact) mass is 357 g/mol. The van der Waals surface area contributed by atoms with Gasteiger partial charge in [0.2, 0.25) is 0 Å². The maximum absolute atomic E-state index is 12.8. The molecule has 4 heteroatoms. The first-order chi connectivity index (χ1) is 12.4. The molecule has 3 rings (SSSR count). The lowest BCUT2D eigenvalue weighted by atomic mass is 9.93. The van der Waals surface area contributed by atoms with Crippen molar-refractivity contribution in [2.45, 2.75) is 25.6 Å². The zero-order valence-corrected chi connectivity index (χ0v) is 14.6. The van der Waals surface area contributed by atoms with E-state index in [4.69, 9.17) is 0 Å². The standard InChI is InChI=1S/C22H22F3N/c1-16(20-13-5-10-18-9-2-3-12-21(18)20)26-14-6-8-17-7-4-11-19(15-17)22(23,24)25/h2-13,16,19,26H,14-15H2,1H3/b8-6+/t16-,19?/m1/s1. The van der Waals surface area contributed by atoms with E-state index in [9.17, 15) is 13.2 Å². The molecule has 2 atom stereocenters. The van der Waals surface area contributed by atoms with Gasteiger partial charge in [0.15, 0.2) is 0 Å². The van der Waals surface area contributed by atoms with Gasteiger partial charge in [0.1, 0.15) is 0 Å². The summed E-state index contributed by atoms with van der Waals surface area (Å²) < 4.78 is 38.4. The molecule has 0 saturated carbocycles. The normalized spacial score (nSPS) is 19.1. The van der Waals surface area contributed by atoms with Crippen LogP contribution >= 0.6 is 0 Å². The van der Waals surface area contributed by atoms with E-state index in [-0.39, 0.29) is 12.5 Å². The highest BCUT2D eigenvalue weighted by atomic mass is 19.4. The van der Waals surface area contributed by atoms with E-state index in [1.807, 2.05) is 24.3 Å². The van der Waals surface area contributed by atoms with Crippen LogP contribution in [0.4, 0.5) is 13.2 Å². The molecule has 1 aliphatic rings. The molecule has 1 N–H and O–H groups in total. The molecule has 0 spiro atoms. The van der Waals surface area contributed by atoms with Gasteiger partial charge >= 0.3 is 6.18 Å². The number of rotatable bonds is 5. The average Bonchev–Trinajstić information content (AvgIpc) is 2.64. The molecular formula is C22H22F3N. The molecule has 0 fully saturated rings. The first kappa shape index (κ1) is 18.5. The van der Waals surface area contributed by atoms with Crippen molar-refractivity contribution in [2.75, 3.05) is 6.54 Å². The lowest BCUT2D eigenvalue weighted by molar-refractivity contribution is -0.160. The number of fused-ring (bicyclic) bond motifs is 1. The van der Waals surface area contributed by atoms with Gasteiger partial charge in [-0.2, -0.15) is 13.2 Å². The third kappa shape index (κ3) is 4.44. The summed E-state index contributed by atoms with van der Waals surface area (Å²) >= 11 is 0. The van der Waals surface area contributed by atoms with Gasteiger partial charge < -0.3 is 5.32 Å². The minimum Gasteiger partial charge on any atom is -0.307 e. The molecule has 0 bridgehead atoms. The minimum absolute atomic E-state index is 0.00930. The summed E-state index contributed by atoms with van der Waals surface area (Å²) in [7, 11) is 0. The highest BCUT2D eigenvalue weighted by Gasteiger charge is 2.38. The largest absolute Gasteiger partial charge is 0.395 e. The molecule has 0 aliphatic heterocycles. The highest BCUT2D eigenvalue weighted by molar-refractivity contribution is 5.86. The first-order valence-corrected chi connectivity index (χ1v) is 8.77. The van der Waals surface area contributed by atoms with E-state index in [1.165, 1.54) is 28.5 Å². The SMILES string of the molecule is C[C@@H](NC/C=C/C1=CC=CC(C(F)(F)F)C1)c1cccc2ccccc12. The molecule has 0 radical (unpaired) electrons. The molecule has 0 aromatic heterocycles. The fourth-order valence-corrected chi connectivity index (χ4v) is 3.24. The van der Waals surface area contributed by atoms with Gasteiger partial charge in [-0.25, -0.2) is 0 Å². The summed E-state index contributed by atoms with van der Waals surface area (Å²) in [6.45, 7) is 2.69. The molecule has 1 nitrogen and oxygen atoms in total. The van der Waals surface area contributed by atoms with Crippen molar-refractivity contribution < 1.29 is 13.2 Å². The smallest absolute Gasteiger partial charge is 0.307 e. The number of hydrogen-bond acceptors (Lipinski definition) is 1. The van der Waals surface area contributed by atoms with Gasteiger partial charge in [-0.15, -0.1) is 0 Å². The van der Waals surface area contributed by atoms with Gasteiger partial charge in [-0.05, 0) is 35.3 Å². The summed E-state index contributed by atoms with van der Waals surface area (Å²) in [5.41, 5.74) is 1.92. The van der Waals surface area contributed by atoms with Gasteiger partial charge in [0.25, 0.3) is 0 Å². The Morgan fingerprint density at radius 1 is 1.15 bits per heavy atom. The maximum Gasteiger partial charge on any atom is 0.395 e. The number of nitrogens with one attached hydrogen (secondary N) is 1. The van der Waals surface area contributed by atoms with E-state index in [1.54, 1.807) is 12.2 Å². The molecule has 26 heavy (non-hydrogen) atoms. The topological polar surface area (TPSA) is 12.0 Å². The van der Waals surface area contributed by atoms with Crippen LogP contribution in [-0.4, -0.2) is 12.7 Å². The van der Waals surface area contributed by atoms with Crippen LogP contribution in [0.3, 0.4) is 0 Å². The second kappa shape index (κ2) is 7.92. The van der Waals surface area contributed by atoms with Crippen molar-refractivity contribution in [3.8, 4) is 0 Å². The Hall–Kier alpha value is -2.33. The van der Waals surface area contributed by atoms with E-state index in [0.717, 1.165) is 0 Å². The fourth-order valence-electron chi connectivity index (χ4n) is 3.24. The molecule has 0 amide bonds. The lowest BCUT2D eigenvalue weighted by Gasteiger charge is -2.19. The summed E-state index contributed by atoms with van der Waals surface area (Å²) in [5, 5.41) is 5.83. The second-order valence-electron chi connectivity index (χ2n) is 6.58. The fraction of sp³-hybridized carbons (Fsp3) is 0.273. The Labute approximate surface area is 151 Å². The molecule has 136 valence electrons. The molecule has 2 aromatic carbocycles. The first-order valence-electron chi connectivity index (χ1n) is 8.77. The van der Waals surface area contributed by atoms with Gasteiger partial charge in [-0.1, -0.05) is 72.8 Å². The number of allylic oxidation sites excluding steroid dienone is 5. The third-order valence-corrected chi connectivity index (χ3v) is 4.69. The predicted molar refractivity (Wildman–Crippen MR) is 101 cm³/mol. The number of alkyl halides is 3. The Bertz CT molecular complexity index is 841. The van der Waals surface area contributed by atoms with Crippen molar-refractivity contribution in [1.82, 2.24) is 5.32 Å². The van der Waals surface area contributed by atoms with Crippen LogP contribution in [0.5, 0.6) is 0 Å².